The molecule has 0 saturated heterocycles. The molecule has 0 unspecified atom stereocenters. The quantitative estimate of drug-likeness (QED) is 0.703. The fraction of sp³-hybridized carbons (Fsp3) is 0.273. The molecule has 0 spiro atoms. The molecule has 4 heteroatoms. The molecule has 0 atom stereocenters. The Morgan fingerprint density at radius 3 is 2.53 bits per heavy atom. The number of rotatable bonds is 5. The predicted octanol–water partition coefficient (Wildman–Crippen LogP) is 2.57. The highest BCUT2D eigenvalue weighted by Gasteiger charge is 2.16. The van der Waals surface area contributed by atoms with Gasteiger partial charge in [0.15, 0.2) is 6.29 Å². The monoisotopic (exact) mass is 212 g/mol. The fourth-order valence-electron chi connectivity index (χ4n) is 1.43. The van der Waals surface area contributed by atoms with E-state index in [1.807, 2.05) is 0 Å². The van der Waals surface area contributed by atoms with Crippen molar-refractivity contribution in [2.45, 2.75) is 19.3 Å². The maximum atomic E-state index is 12.7. The second-order valence-electron chi connectivity index (χ2n) is 3.04. The summed E-state index contributed by atoms with van der Waals surface area (Å²) in [6.07, 6.45) is -1.19. The minimum atomic E-state index is -2.69. The van der Waals surface area contributed by atoms with Crippen molar-refractivity contribution in [2.75, 3.05) is 0 Å². The minimum Gasteiger partial charge on any atom is -0.303 e. The van der Waals surface area contributed by atoms with Gasteiger partial charge in [0.1, 0.15) is 6.29 Å². The summed E-state index contributed by atoms with van der Waals surface area (Å²) < 4.78 is 25.3. The number of aldehydes is 2. The van der Waals surface area contributed by atoms with E-state index < -0.39 is 6.43 Å². The zero-order valence-electron chi connectivity index (χ0n) is 7.95. The molecule has 0 N–H and O–H groups in total. The molecule has 15 heavy (non-hydrogen) atoms. The third-order valence-electron chi connectivity index (χ3n) is 2.11. The van der Waals surface area contributed by atoms with Gasteiger partial charge in [0.2, 0.25) is 0 Å². The Labute approximate surface area is 85.9 Å². The van der Waals surface area contributed by atoms with Crippen LogP contribution in [0, 0.1) is 0 Å². The topological polar surface area (TPSA) is 34.1 Å². The summed E-state index contributed by atoms with van der Waals surface area (Å²) in [5.41, 5.74) is 0.101. The maximum Gasteiger partial charge on any atom is 0.264 e. The van der Waals surface area contributed by atoms with E-state index in [-0.39, 0.29) is 24.0 Å². The van der Waals surface area contributed by atoms with Gasteiger partial charge < -0.3 is 4.79 Å². The van der Waals surface area contributed by atoms with Crippen molar-refractivity contribution in [3.8, 4) is 0 Å². The Bertz CT molecular complexity index is 362. The van der Waals surface area contributed by atoms with Crippen LogP contribution in [-0.4, -0.2) is 12.6 Å². The van der Waals surface area contributed by atoms with E-state index in [0.717, 1.165) is 0 Å². The highest BCUT2D eigenvalue weighted by molar-refractivity contribution is 5.78. The van der Waals surface area contributed by atoms with Crippen LogP contribution in [0.25, 0.3) is 0 Å². The zero-order chi connectivity index (χ0) is 11.3. The molecule has 0 saturated carbocycles. The van der Waals surface area contributed by atoms with E-state index in [1.165, 1.54) is 18.2 Å². The van der Waals surface area contributed by atoms with Gasteiger partial charge in [-0.15, -0.1) is 0 Å². The molecule has 0 aromatic heterocycles. The molecule has 0 heterocycles. The molecular formula is C11H10F2O2. The van der Waals surface area contributed by atoms with Crippen LogP contribution < -0.4 is 0 Å². The Hall–Kier alpha value is -1.58. The van der Waals surface area contributed by atoms with Gasteiger partial charge >= 0.3 is 0 Å². The number of halogens is 2. The Morgan fingerprint density at radius 2 is 2.00 bits per heavy atom. The lowest BCUT2D eigenvalue weighted by atomic mass is 9.99. The van der Waals surface area contributed by atoms with Crippen molar-refractivity contribution < 1.29 is 18.4 Å². The average Bonchev–Trinajstić information content (AvgIpc) is 2.25. The summed E-state index contributed by atoms with van der Waals surface area (Å²) in [5.74, 6) is 0. The van der Waals surface area contributed by atoms with Crippen LogP contribution in [0.4, 0.5) is 8.78 Å². The third-order valence-corrected chi connectivity index (χ3v) is 2.11. The summed E-state index contributed by atoms with van der Waals surface area (Å²) in [5, 5.41) is 0. The van der Waals surface area contributed by atoms with Crippen LogP contribution in [0.5, 0.6) is 0 Å². The standard InChI is InChI=1S/C11H10F2O2/c12-11(13)10-8(5-2-6-14)3-1-4-9(10)7-15/h1,3-4,6-7,11H,2,5H2. The molecule has 0 aliphatic heterocycles. The van der Waals surface area contributed by atoms with Crippen LogP contribution >= 0.6 is 0 Å². The van der Waals surface area contributed by atoms with Crippen molar-refractivity contribution in [3.05, 3.63) is 34.9 Å². The molecule has 80 valence electrons. The molecular weight excluding hydrogens is 202 g/mol. The lowest BCUT2D eigenvalue weighted by Gasteiger charge is -2.09. The lowest BCUT2D eigenvalue weighted by Crippen LogP contribution is -2.00. The minimum absolute atomic E-state index is 0.00611. The summed E-state index contributed by atoms with van der Waals surface area (Å²) in [7, 11) is 0. The highest BCUT2D eigenvalue weighted by atomic mass is 19.3. The van der Waals surface area contributed by atoms with E-state index in [2.05, 4.69) is 0 Å². The van der Waals surface area contributed by atoms with Crippen molar-refractivity contribution in [2.24, 2.45) is 0 Å². The SMILES string of the molecule is O=CCCc1cccc(C=O)c1C(F)F. The average molecular weight is 212 g/mol. The van der Waals surface area contributed by atoms with Gasteiger partial charge in [0.25, 0.3) is 6.43 Å². The molecule has 1 aromatic carbocycles. The molecule has 0 amide bonds. The van der Waals surface area contributed by atoms with E-state index in [1.54, 1.807) is 0 Å². The smallest absolute Gasteiger partial charge is 0.264 e. The first-order valence-electron chi connectivity index (χ1n) is 4.49. The van der Waals surface area contributed by atoms with E-state index in [9.17, 15) is 18.4 Å². The van der Waals surface area contributed by atoms with E-state index in [4.69, 9.17) is 0 Å². The van der Waals surface area contributed by atoms with Crippen LogP contribution in [0.3, 0.4) is 0 Å². The van der Waals surface area contributed by atoms with Gasteiger partial charge in [0.05, 0.1) is 0 Å². The predicted molar refractivity (Wildman–Crippen MR) is 51.2 cm³/mol. The molecule has 0 fully saturated rings. The first-order valence-corrected chi connectivity index (χ1v) is 4.49. The van der Waals surface area contributed by atoms with Crippen molar-refractivity contribution in [3.63, 3.8) is 0 Å². The molecule has 1 aromatic rings. The molecule has 0 aliphatic rings. The van der Waals surface area contributed by atoms with E-state index >= 15 is 0 Å². The number of hydrogen-bond donors (Lipinski definition) is 0. The summed E-state index contributed by atoms with van der Waals surface area (Å²) >= 11 is 0. The highest BCUT2D eigenvalue weighted by Crippen LogP contribution is 2.26. The fourth-order valence-corrected chi connectivity index (χ4v) is 1.43. The number of carbonyl (C=O) groups excluding carboxylic acids is 2. The largest absolute Gasteiger partial charge is 0.303 e. The summed E-state index contributed by atoms with van der Waals surface area (Å²) in [6, 6.07) is 4.40. The molecule has 1 rings (SSSR count). The first-order chi connectivity index (χ1) is 7.20. The van der Waals surface area contributed by atoms with Gasteiger partial charge in [-0.2, -0.15) is 0 Å². The Kier molecular flexibility index (Phi) is 4.09. The number of alkyl halides is 2. The van der Waals surface area contributed by atoms with Crippen LogP contribution in [0.1, 0.15) is 34.3 Å². The van der Waals surface area contributed by atoms with Crippen molar-refractivity contribution in [1.82, 2.24) is 0 Å². The van der Waals surface area contributed by atoms with Gasteiger partial charge in [-0.05, 0) is 12.0 Å². The van der Waals surface area contributed by atoms with Crippen LogP contribution in [0.2, 0.25) is 0 Å². The van der Waals surface area contributed by atoms with Gasteiger partial charge in [-0.25, -0.2) is 8.78 Å². The Balaban J connectivity index is 3.12. The number of hydrogen-bond acceptors (Lipinski definition) is 2. The maximum absolute atomic E-state index is 12.7. The normalized spacial score (nSPS) is 10.3. The van der Waals surface area contributed by atoms with Crippen molar-refractivity contribution in [1.29, 1.82) is 0 Å². The molecule has 0 radical (unpaired) electrons. The summed E-state index contributed by atoms with van der Waals surface area (Å²) in [4.78, 5) is 20.7. The lowest BCUT2D eigenvalue weighted by molar-refractivity contribution is -0.107. The van der Waals surface area contributed by atoms with Gasteiger partial charge in [-0.3, -0.25) is 4.79 Å². The number of carbonyl (C=O) groups is 2. The third kappa shape index (κ3) is 2.68. The molecule has 0 bridgehead atoms. The van der Waals surface area contributed by atoms with Gasteiger partial charge in [-0.1, -0.05) is 18.2 Å². The van der Waals surface area contributed by atoms with Crippen LogP contribution in [0.15, 0.2) is 18.2 Å². The van der Waals surface area contributed by atoms with Crippen molar-refractivity contribution >= 4 is 12.6 Å². The van der Waals surface area contributed by atoms with Crippen LogP contribution in [-0.2, 0) is 11.2 Å². The van der Waals surface area contributed by atoms with E-state index in [0.29, 0.717) is 18.1 Å². The zero-order valence-corrected chi connectivity index (χ0v) is 7.95. The number of aryl methyl sites for hydroxylation is 1. The second-order valence-corrected chi connectivity index (χ2v) is 3.04. The van der Waals surface area contributed by atoms with Gasteiger partial charge in [0, 0.05) is 17.5 Å². The molecule has 0 aliphatic carbocycles. The second kappa shape index (κ2) is 5.34. The molecule has 2 nitrogen and oxygen atoms in total. The first kappa shape index (κ1) is 11.5. The Morgan fingerprint density at radius 1 is 1.27 bits per heavy atom. The summed E-state index contributed by atoms with van der Waals surface area (Å²) in [6.45, 7) is 0. The number of benzene rings is 1.